The maximum atomic E-state index is 11.8. The number of hydrogen-bond donors (Lipinski definition) is 1. The first-order valence-corrected chi connectivity index (χ1v) is 9.45. The quantitative estimate of drug-likeness (QED) is 0.854. The van der Waals surface area contributed by atoms with E-state index in [2.05, 4.69) is 37.9 Å². The van der Waals surface area contributed by atoms with Crippen LogP contribution < -0.4 is 0 Å². The summed E-state index contributed by atoms with van der Waals surface area (Å²) < 4.78 is 1.03. The number of hydrogen-bond acceptors (Lipinski definition) is 3. The third kappa shape index (κ3) is 2.74. The summed E-state index contributed by atoms with van der Waals surface area (Å²) in [5.74, 6) is -0.145. The Kier molecular flexibility index (Phi) is 4.31. The van der Waals surface area contributed by atoms with Crippen molar-refractivity contribution in [2.75, 3.05) is 0 Å². The zero-order valence-corrected chi connectivity index (χ0v) is 15.1. The lowest BCUT2D eigenvalue weighted by Gasteiger charge is -2.33. The number of fused-ring (bicyclic) bond motifs is 2. The maximum Gasteiger partial charge on any atom is 0.320 e. The molecule has 2 fully saturated rings. The van der Waals surface area contributed by atoms with Crippen molar-refractivity contribution in [3.05, 3.63) is 40.5 Å². The van der Waals surface area contributed by atoms with Gasteiger partial charge in [-0.3, -0.25) is 14.7 Å². The van der Waals surface area contributed by atoms with Crippen LogP contribution in [-0.4, -0.2) is 33.0 Å². The van der Waals surface area contributed by atoms with E-state index >= 15 is 0 Å². The van der Waals surface area contributed by atoms with Gasteiger partial charge < -0.3 is 5.11 Å². The first kappa shape index (κ1) is 16.0. The molecule has 1 saturated carbocycles. The van der Waals surface area contributed by atoms with Gasteiger partial charge in [0.05, 0.1) is 5.52 Å². The van der Waals surface area contributed by atoms with Crippen LogP contribution in [0.25, 0.3) is 10.9 Å². The highest BCUT2D eigenvalue weighted by molar-refractivity contribution is 9.10. The molecule has 4 nitrogen and oxygen atoms in total. The summed E-state index contributed by atoms with van der Waals surface area (Å²) in [7, 11) is 0. The lowest BCUT2D eigenvalue weighted by atomic mass is 9.84. The van der Waals surface area contributed by atoms with Gasteiger partial charge in [-0.15, -0.1) is 0 Å². The molecule has 1 saturated heterocycles. The molecule has 2 heterocycles. The molecule has 1 aromatic carbocycles. The Morgan fingerprint density at radius 1 is 1.29 bits per heavy atom. The van der Waals surface area contributed by atoms with Crippen LogP contribution in [0.5, 0.6) is 0 Å². The fraction of sp³-hybridized carbons (Fsp3) is 0.474. The van der Waals surface area contributed by atoms with Crippen LogP contribution in [-0.2, 0) is 11.3 Å². The lowest BCUT2D eigenvalue weighted by Crippen LogP contribution is -2.41. The Morgan fingerprint density at radius 2 is 2.12 bits per heavy atom. The number of carboxylic acids is 1. The largest absolute Gasteiger partial charge is 0.480 e. The summed E-state index contributed by atoms with van der Waals surface area (Å²) in [5.41, 5.74) is 2.08. The Labute approximate surface area is 150 Å². The number of pyridine rings is 1. The summed E-state index contributed by atoms with van der Waals surface area (Å²) in [5, 5.41) is 10.8. The number of aromatic nitrogens is 1. The molecule has 0 amide bonds. The zero-order chi connectivity index (χ0) is 16.7. The number of nitrogens with zero attached hydrogens (tertiary/aromatic N) is 2. The first-order chi connectivity index (χ1) is 11.6. The molecule has 24 heavy (non-hydrogen) atoms. The molecule has 1 aliphatic heterocycles. The van der Waals surface area contributed by atoms with Gasteiger partial charge in [0, 0.05) is 28.6 Å². The molecule has 5 heteroatoms. The summed E-state index contributed by atoms with van der Waals surface area (Å²) in [4.78, 5) is 18.6. The zero-order valence-electron chi connectivity index (χ0n) is 13.5. The lowest BCUT2D eigenvalue weighted by molar-refractivity contribution is -0.142. The number of carboxylic acid groups (broad SMARTS) is 1. The number of halogens is 1. The van der Waals surface area contributed by atoms with Crippen molar-refractivity contribution in [2.45, 2.75) is 50.7 Å². The van der Waals surface area contributed by atoms with Gasteiger partial charge in [0.15, 0.2) is 0 Å². The van der Waals surface area contributed by atoms with E-state index in [-0.39, 0.29) is 6.04 Å². The molecule has 4 rings (SSSR count). The van der Waals surface area contributed by atoms with Crippen molar-refractivity contribution in [2.24, 2.45) is 5.92 Å². The fourth-order valence-corrected chi connectivity index (χ4v) is 5.00. The van der Waals surface area contributed by atoms with Gasteiger partial charge in [-0.05, 0) is 42.9 Å². The number of rotatable bonds is 3. The summed E-state index contributed by atoms with van der Waals surface area (Å²) in [6.07, 6.45) is 7.34. The highest BCUT2D eigenvalue weighted by Crippen LogP contribution is 2.41. The molecule has 3 unspecified atom stereocenters. The molecular weight excluding hydrogens is 368 g/mol. The summed E-state index contributed by atoms with van der Waals surface area (Å²) in [6, 6.07) is 8.16. The maximum absolute atomic E-state index is 11.8. The van der Waals surface area contributed by atoms with Crippen LogP contribution >= 0.6 is 15.9 Å². The van der Waals surface area contributed by atoms with Crippen LogP contribution in [0.2, 0.25) is 0 Å². The molecule has 1 aromatic heterocycles. The summed E-state index contributed by atoms with van der Waals surface area (Å²) in [6.45, 7) is 0.666. The van der Waals surface area contributed by atoms with Crippen LogP contribution in [0.3, 0.4) is 0 Å². The fourth-order valence-electron chi connectivity index (χ4n) is 4.54. The molecule has 1 N–H and O–H groups in total. The minimum atomic E-state index is -0.682. The van der Waals surface area contributed by atoms with Crippen molar-refractivity contribution in [3.63, 3.8) is 0 Å². The number of carbonyl (C=O) groups is 1. The van der Waals surface area contributed by atoms with Crippen molar-refractivity contribution >= 4 is 32.8 Å². The monoisotopic (exact) mass is 388 g/mol. The summed E-state index contributed by atoms with van der Waals surface area (Å²) >= 11 is 3.59. The minimum absolute atomic E-state index is 0.361. The molecule has 126 valence electrons. The minimum Gasteiger partial charge on any atom is -0.480 e. The van der Waals surface area contributed by atoms with E-state index in [1.807, 2.05) is 12.1 Å². The standard InChI is InChI=1S/C19H21BrN2O2/c20-15-8-7-13(18-14(15)5-3-9-21-18)11-22-16-6-2-1-4-12(16)10-17(22)19(23)24/h3,5,7-9,12,16-17H,1-2,4,6,10-11H2,(H,23,24). The Bertz CT molecular complexity index is 779. The van der Waals surface area contributed by atoms with E-state index < -0.39 is 5.97 Å². The molecule has 2 aliphatic rings. The van der Waals surface area contributed by atoms with E-state index in [1.54, 1.807) is 6.20 Å². The van der Waals surface area contributed by atoms with E-state index in [0.717, 1.165) is 33.8 Å². The van der Waals surface area contributed by atoms with E-state index in [4.69, 9.17) is 0 Å². The third-order valence-electron chi connectivity index (χ3n) is 5.66. The highest BCUT2D eigenvalue weighted by atomic mass is 79.9. The van der Waals surface area contributed by atoms with Crippen molar-refractivity contribution in [1.29, 1.82) is 0 Å². The molecule has 0 bridgehead atoms. The van der Waals surface area contributed by atoms with Crippen molar-refractivity contribution in [3.8, 4) is 0 Å². The number of benzene rings is 1. The van der Waals surface area contributed by atoms with Crippen LogP contribution in [0, 0.1) is 5.92 Å². The smallest absolute Gasteiger partial charge is 0.320 e. The second kappa shape index (κ2) is 6.45. The first-order valence-electron chi connectivity index (χ1n) is 8.66. The van der Waals surface area contributed by atoms with Crippen LogP contribution in [0.15, 0.2) is 34.9 Å². The highest BCUT2D eigenvalue weighted by Gasteiger charge is 2.45. The van der Waals surface area contributed by atoms with E-state index in [9.17, 15) is 9.90 Å². The van der Waals surface area contributed by atoms with Gasteiger partial charge in [-0.1, -0.05) is 40.9 Å². The van der Waals surface area contributed by atoms with E-state index in [1.165, 1.54) is 19.3 Å². The SMILES string of the molecule is O=C(O)C1CC2CCCCC2N1Cc1ccc(Br)c2cccnc12. The molecule has 1 aliphatic carbocycles. The molecule has 2 aromatic rings. The van der Waals surface area contributed by atoms with Gasteiger partial charge in [0.25, 0.3) is 0 Å². The van der Waals surface area contributed by atoms with Crippen molar-refractivity contribution in [1.82, 2.24) is 9.88 Å². The van der Waals surface area contributed by atoms with Gasteiger partial charge in [-0.2, -0.15) is 0 Å². The topological polar surface area (TPSA) is 53.4 Å². The number of aliphatic carboxylic acids is 1. The Hall–Kier alpha value is -1.46. The number of likely N-dealkylation sites (tertiary alicyclic amines) is 1. The molecule has 0 spiro atoms. The molecular formula is C19H21BrN2O2. The van der Waals surface area contributed by atoms with Crippen LogP contribution in [0.1, 0.15) is 37.7 Å². The van der Waals surface area contributed by atoms with Crippen molar-refractivity contribution < 1.29 is 9.90 Å². The van der Waals surface area contributed by atoms with Gasteiger partial charge in [0.1, 0.15) is 6.04 Å². The van der Waals surface area contributed by atoms with Gasteiger partial charge in [0.2, 0.25) is 0 Å². The van der Waals surface area contributed by atoms with Gasteiger partial charge in [-0.25, -0.2) is 0 Å². The van der Waals surface area contributed by atoms with Gasteiger partial charge >= 0.3 is 5.97 Å². The van der Waals surface area contributed by atoms with E-state index in [0.29, 0.717) is 18.5 Å². The normalized spacial score (nSPS) is 27.3. The second-order valence-corrected chi connectivity index (χ2v) is 7.83. The predicted octanol–water partition coefficient (Wildman–Crippen LogP) is 4.22. The van der Waals surface area contributed by atoms with Crippen LogP contribution in [0.4, 0.5) is 0 Å². The Balaban J connectivity index is 1.70. The molecule has 3 atom stereocenters. The average Bonchev–Trinajstić information content (AvgIpc) is 2.97. The average molecular weight is 389 g/mol. The predicted molar refractivity (Wildman–Crippen MR) is 96.8 cm³/mol. The Morgan fingerprint density at radius 3 is 2.96 bits per heavy atom. The second-order valence-electron chi connectivity index (χ2n) is 6.98. The third-order valence-corrected chi connectivity index (χ3v) is 6.35. The molecule has 0 radical (unpaired) electrons.